The molecule has 6 rings (SSSR count). The first-order valence-electron chi connectivity index (χ1n) is 18.1. The molecule has 2 atom stereocenters. The van der Waals surface area contributed by atoms with Gasteiger partial charge in [-0.15, -0.1) is 0 Å². The summed E-state index contributed by atoms with van der Waals surface area (Å²) in [5, 5.41) is 15.4. The van der Waals surface area contributed by atoms with E-state index in [4.69, 9.17) is 10.2 Å². The average Bonchev–Trinajstić information content (AvgIpc) is 3.96. The number of carboxylic acids is 2. The molecule has 0 spiro atoms. The van der Waals surface area contributed by atoms with Crippen LogP contribution in [0.2, 0.25) is 0 Å². The van der Waals surface area contributed by atoms with Crippen molar-refractivity contribution in [1.82, 2.24) is 29.0 Å². The van der Waals surface area contributed by atoms with Crippen molar-refractivity contribution in [3.05, 3.63) is 71.1 Å². The number of hydrogen-bond donors (Lipinski definition) is 2. The molecule has 52 heavy (non-hydrogen) atoms. The Bertz CT molecular complexity index is 1720. The molecule has 0 radical (unpaired) electrons. The van der Waals surface area contributed by atoms with Crippen LogP contribution in [0.3, 0.4) is 0 Å². The number of halogens is 1. The number of aromatic nitrogens is 2. The van der Waals surface area contributed by atoms with Crippen molar-refractivity contribution >= 4 is 27.9 Å². The van der Waals surface area contributed by atoms with Crippen molar-refractivity contribution in [1.29, 1.82) is 0 Å². The molecule has 4 aliphatic rings. The molecule has 0 unspecified atom stereocenters. The summed E-state index contributed by atoms with van der Waals surface area (Å²) < 4.78 is 42.0. The van der Waals surface area contributed by atoms with Gasteiger partial charge in [0.2, 0.25) is 10.0 Å². The summed E-state index contributed by atoms with van der Waals surface area (Å²) in [5.74, 6) is -2.46. The number of rotatable bonds is 9. The number of aryl methyl sites for hydroxylation is 2. The molecule has 1 amide bonds. The molecule has 4 fully saturated rings. The van der Waals surface area contributed by atoms with Crippen LogP contribution in [0.4, 0.5) is 4.39 Å². The van der Waals surface area contributed by atoms with E-state index < -0.39 is 22.0 Å². The number of piperazine rings is 1. The van der Waals surface area contributed by atoms with Crippen molar-refractivity contribution in [3.63, 3.8) is 0 Å². The summed E-state index contributed by atoms with van der Waals surface area (Å²) in [4.78, 5) is 48.1. The summed E-state index contributed by atoms with van der Waals surface area (Å²) in [6, 6.07) is 7.29. The van der Waals surface area contributed by atoms with Crippen molar-refractivity contribution in [3.8, 4) is 0 Å². The van der Waals surface area contributed by atoms with Crippen molar-refractivity contribution in [2.75, 3.05) is 45.8 Å². The number of piperidine rings is 2. The number of benzene rings is 1. The molecule has 1 aromatic carbocycles. The fourth-order valence-corrected chi connectivity index (χ4v) is 9.91. The summed E-state index contributed by atoms with van der Waals surface area (Å²) in [6.07, 6.45) is 7.56. The molecule has 1 aliphatic carbocycles. The van der Waals surface area contributed by atoms with Gasteiger partial charge in [-0.25, -0.2) is 36.7 Å². The zero-order valence-corrected chi connectivity index (χ0v) is 31.3. The van der Waals surface area contributed by atoms with Crippen LogP contribution >= 0.6 is 0 Å². The van der Waals surface area contributed by atoms with Crippen LogP contribution in [0.5, 0.6) is 0 Å². The Morgan fingerprint density at radius 2 is 1.52 bits per heavy atom. The average molecular weight is 743 g/mol. The van der Waals surface area contributed by atoms with E-state index in [9.17, 15) is 27.2 Å². The molecule has 4 heterocycles. The minimum absolute atomic E-state index is 0.00866. The zero-order chi connectivity index (χ0) is 37.8. The largest absolute Gasteiger partial charge is 0.478 e. The number of carboxylic acid groups (broad SMARTS) is 2. The number of nitrogens with zero attached hydrogens (tertiary/aromatic N) is 6. The van der Waals surface area contributed by atoms with Gasteiger partial charge in [-0.2, -0.15) is 0 Å². The highest BCUT2D eigenvalue weighted by Gasteiger charge is 2.45. The highest BCUT2D eigenvalue weighted by Crippen LogP contribution is 2.41. The van der Waals surface area contributed by atoms with Gasteiger partial charge in [-0.1, -0.05) is 12.1 Å². The lowest BCUT2D eigenvalue weighted by molar-refractivity contribution is -0.134. The van der Waals surface area contributed by atoms with E-state index in [0.717, 1.165) is 75.1 Å². The van der Waals surface area contributed by atoms with Crippen LogP contribution in [0.15, 0.2) is 42.7 Å². The Labute approximate surface area is 305 Å². The van der Waals surface area contributed by atoms with E-state index in [1.807, 2.05) is 24.8 Å². The van der Waals surface area contributed by atoms with Crippen molar-refractivity contribution < 1.29 is 37.4 Å². The second-order valence-corrected chi connectivity index (χ2v) is 16.9. The van der Waals surface area contributed by atoms with E-state index in [2.05, 4.69) is 33.6 Å². The Morgan fingerprint density at radius 3 is 2.04 bits per heavy atom. The minimum atomic E-state index is -3.18. The third kappa shape index (κ3) is 9.22. The van der Waals surface area contributed by atoms with Gasteiger partial charge < -0.3 is 15.1 Å². The molecule has 1 saturated carbocycles. The van der Waals surface area contributed by atoms with Gasteiger partial charge in [0.15, 0.2) is 0 Å². The van der Waals surface area contributed by atoms with E-state index >= 15 is 0 Å². The Balaban J connectivity index is 0.000000587. The van der Waals surface area contributed by atoms with E-state index in [1.165, 1.54) is 12.4 Å². The van der Waals surface area contributed by atoms with Gasteiger partial charge in [0.05, 0.1) is 22.2 Å². The highest BCUT2D eigenvalue weighted by atomic mass is 32.2. The predicted molar refractivity (Wildman–Crippen MR) is 193 cm³/mol. The third-order valence-corrected chi connectivity index (χ3v) is 13.6. The Kier molecular flexibility index (Phi) is 12.5. The van der Waals surface area contributed by atoms with Gasteiger partial charge in [-0.3, -0.25) is 14.6 Å². The van der Waals surface area contributed by atoms with Crippen LogP contribution in [-0.2, 0) is 19.6 Å². The summed E-state index contributed by atoms with van der Waals surface area (Å²) in [7, 11) is -3.18. The van der Waals surface area contributed by atoms with Gasteiger partial charge in [-0.05, 0) is 89.8 Å². The molecule has 3 aliphatic heterocycles. The quantitative estimate of drug-likeness (QED) is 0.359. The first-order chi connectivity index (χ1) is 24.6. The number of hydrogen-bond acceptors (Lipinski definition) is 9. The summed E-state index contributed by atoms with van der Waals surface area (Å²) in [6.45, 7) is 13.5. The van der Waals surface area contributed by atoms with Crippen molar-refractivity contribution in [2.24, 2.45) is 5.92 Å². The maximum atomic E-state index is 14.5. The molecule has 2 aromatic rings. The van der Waals surface area contributed by atoms with Crippen molar-refractivity contribution in [2.45, 2.75) is 89.1 Å². The van der Waals surface area contributed by atoms with Crippen LogP contribution in [0.1, 0.15) is 85.7 Å². The first-order valence-corrected chi connectivity index (χ1v) is 19.6. The number of aliphatic carboxylic acids is 2. The Hall–Kier alpha value is -3.79. The lowest BCUT2D eigenvalue weighted by Crippen LogP contribution is -2.63. The van der Waals surface area contributed by atoms with Crippen LogP contribution < -0.4 is 0 Å². The molecule has 0 bridgehead atoms. The van der Waals surface area contributed by atoms with Gasteiger partial charge in [0.25, 0.3) is 5.91 Å². The standard InChI is InChI=1S/C33H47FN6O3S.C4H4O4/c1-23-21-38(33(4)12-16-37(17-13-33)32(41)30-24(2)35-22-36-25(30)3)18-19-40(23)31(27-6-5-7-28(34)20-27)26-10-14-39(15-11-26)44(42,43)29-8-9-29;5-3(6)1-2-4(7)8/h5-7,20,22-23,26,29,31H,8-19,21H2,1-4H3;1-2H,(H,5,6)(H,7,8)/b;2-1-/t23-,31+;/m1./s1. The van der Waals surface area contributed by atoms with Crippen LogP contribution in [-0.4, -0.2) is 128 Å². The maximum Gasteiger partial charge on any atom is 0.328 e. The highest BCUT2D eigenvalue weighted by molar-refractivity contribution is 7.90. The second-order valence-electron chi connectivity index (χ2n) is 14.7. The van der Waals surface area contributed by atoms with E-state index in [-0.39, 0.29) is 40.5 Å². The molecule has 15 heteroatoms. The monoisotopic (exact) mass is 742 g/mol. The lowest BCUT2D eigenvalue weighted by atomic mass is 9.82. The summed E-state index contributed by atoms with van der Waals surface area (Å²) in [5.41, 5.74) is 3.05. The molecule has 2 N–H and O–H groups in total. The normalized spacial score (nSPS) is 22.8. The third-order valence-electron chi connectivity index (χ3n) is 11.2. The topological polar surface area (TPSA) is 165 Å². The molecule has 1 aromatic heterocycles. The van der Waals surface area contributed by atoms with Crippen LogP contribution in [0.25, 0.3) is 0 Å². The van der Waals surface area contributed by atoms with Gasteiger partial charge in [0, 0.05) is 75.6 Å². The molecular formula is C37H51FN6O7S. The maximum absolute atomic E-state index is 14.5. The fraction of sp³-hybridized carbons (Fsp3) is 0.595. The first kappa shape index (κ1) is 39.4. The second kappa shape index (κ2) is 16.5. The smallest absolute Gasteiger partial charge is 0.328 e. The van der Waals surface area contributed by atoms with E-state index in [1.54, 1.807) is 16.4 Å². The minimum Gasteiger partial charge on any atom is -0.478 e. The zero-order valence-electron chi connectivity index (χ0n) is 30.4. The van der Waals surface area contributed by atoms with Gasteiger partial charge >= 0.3 is 11.9 Å². The van der Waals surface area contributed by atoms with E-state index in [0.29, 0.717) is 43.9 Å². The molecule has 284 valence electrons. The van der Waals surface area contributed by atoms with Gasteiger partial charge in [0.1, 0.15) is 12.1 Å². The number of likely N-dealkylation sites (tertiary alicyclic amines) is 1. The summed E-state index contributed by atoms with van der Waals surface area (Å²) >= 11 is 0. The molecular weight excluding hydrogens is 692 g/mol. The van der Waals surface area contributed by atoms with Crippen LogP contribution in [0, 0.1) is 25.6 Å². The SMILES string of the molecule is Cc1ncnc(C)c1C(=O)N1CCC(C)(N2CCN([C@H](c3cccc(F)c3)C3CCN(S(=O)(=O)C4CC4)CC3)[C@H](C)C2)CC1.O=C(O)/C=C\C(=O)O. The molecule has 13 nitrogen and oxygen atoms in total. The number of amides is 1. The molecule has 3 saturated heterocycles. The lowest BCUT2D eigenvalue weighted by Gasteiger charge is -2.54. The fourth-order valence-electron chi connectivity index (χ4n) is 8.03. The number of sulfonamides is 1. The number of carbonyl (C=O) groups is 3. The Morgan fingerprint density at radius 1 is 0.923 bits per heavy atom. The predicted octanol–water partition coefficient (Wildman–Crippen LogP) is 3.89. The number of carbonyl (C=O) groups excluding carboxylic acids is 1.